The summed E-state index contributed by atoms with van der Waals surface area (Å²) < 4.78 is 0. The zero-order valence-corrected chi connectivity index (χ0v) is 11.9. The Kier molecular flexibility index (Phi) is 5.16. The van der Waals surface area contributed by atoms with Crippen LogP contribution in [0.3, 0.4) is 0 Å². The third kappa shape index (κ3) is 4.08. The minimum atomic E-state index is -0.115. The second kappa shape index (κ2) is 7.08. The SMILES string of the molecule is CCC(C(=O)NCCNC(=O)C1CC1)c1ccccc1. The summed E-state index contributed by atoms with van der Waals surface area (Å²) in [5.74, 6) is 0.252. The molecule has 1 aliphatic rings. The Morgan fingerprint density at radius 2 is 1.80 bits per heavy atom. The van der Waals surface area contributed by atoms with Gasteiger partial charge in [0.1, 0.15) is 0 Å². The van der Waals surface area contributed by atoms with Crippen LogP contribution in [0, 0.1) is 5.92 Å². The molecule has 1 aromatic carbocycles. The van der Waals surface area contributed by atoms with Gasteiger partial charge in [-0.05, 0) is 24.8 Å². The largest absolute Gasteiger partial charge is 0.354 e. The van der Waals surface area contributed by atoms with E-state index in [0.717, 1.165) is 24.8 Å². The molecule has 0 heterocycles. The summed E-state index contributed by atoms with van der Waals surface area (Å²) in [6.07, 6.45) is 2.78. The molecule has 0 radical (unpaired) electrons. The van der Waals surface area contributed by atoms with E-state index in [2.05, 4.69) is 10.6 Å². The van der Waals surface area contributed by atoms with Crippen LogP contribution in [0.5, 0.6) is 0 Å². The first-order chi connectivity index (χ1) is 9.72. The van der Waals surface area contributed by atoms with Crippen molar-refractivity contribution in [3.05, 3.63) is 35.9 Å². The Hall–Kier alpha value is -1.84. The highest BCUT2D eigenvalue weighted by Crippen LogP contribution is 2.28. The zero-order valence-electron chi connectivity index (χ0n) is 11.9. The molecule has 20 heavy (non-hydrogen) atoms. The molecule has 0 aromatic heterocycles. The van der Waals surface area contributed by atoms with Gasteiger partial charge < -0.3 is 10.6 Å². The Labute approximate surface area is 119 Å². The lowest BCUT2D eigenvalue weighted by molar-refractivity contribution is -0.124. The number of hydrogen-bond acceptors (Lipinski definition) is 2. The molecule has 1 aliphatic carbocycles. The van der Waals surface area contributed by atoms with E-state index in [-0.39, 0.29) is 23.7 Å². The van der Waals surface area contributed by atoms with Crippen LogP contribution in [0.1, 0.15) is 37.7 Å². The Bertz CT molecular complexity index is 455. The molecule has 4 nitrogen and oxygen atoms in total. The maximum atomic E-state index is 12.1. The van der Waals surface area contributed by atoms with Crippen molar-refractivity contribution in [1.82, 2.24) is 10.6 Å². The number of amides is 2. The number of benzene rings is 1. The van der Waals surface area contributed by atoms with Gasteiger partial charge in [0.15, 0.2) is 0 Å². The van der Waals surface area contributed by atoms with Crippen molar-refractivity contribution in [2.45, 2.75) is 32.1 Å². The predicted molar refractivity (Wildman–Crippen MR) is 78.2 cm³/mol. The van der Waals surface area contributed by atoms with Gasteiger partial charge in [-0.2, -0.15) is 0 Å². The fourth-order valence-corrected chi connectivity index (χ4v) is 2.24. The van der Waals surface area contributed by atoms with E-state index in [4.69, 9.17) is 0 Å². The summed E-state index contributed by atoms with van der Waals surface area (Å²) in [6.45, 7) is 3.00. The second-order valence-electron chi connectivity index (χ2n) is 5.23. The zero-order chi connectivity index (χ0) is 14.4. The van der Waals surface area contributed by atoms with E-state index in [9.17, 15) is 9.59 Å². The summed E-state index contributed by atoms with van der Waals surface area (Å²) in [6, 6.07) is 9.79. The van der Waals surface area contributed by atoms with Crippen molar-refractivity contribution in [3.8, 4) is 0 Å². The van der Waals surface area contributed by atoms with Gasteiger partial charge in [-0.3, -0.25) is 9.59 Å². The molecular weight excluding hydrogens is 252 g/mol. The summed E-state index contributed by atoms with van der Waals surface area (Å²) in [4.78, 5) is 23.6. The molecule has 1 fully saturated rings. The molecular formula is C16H22N2O2. The number of rotatable bonds is 7. The summed E-state index contributed by atoms with van der Waals surface area (Å²) in [7, 11) is 0. The van der Waals surface area contributed by atoms with Gasteiger partial charge in [-0.15, -0.1) is 0 Å². The molecule has 4 heteroatoms. The fourth-order valence-electron chi connectivity index (χ4n) is 2.24. The van der Waals surface area contributed by atoms with Crippen molar-refractivity contribution < 1.29 is 9.59 Å². The summed E-state index contributed by atoms with van der Waals surface area (Å²) >= 11 is 0. The van der Waals surface area contributed by atoms with Crippen LogP contribution < -0.4 is 10.6 Å². The molecule has 1 atom stereocenters. The lowest BCUT2D eigenvalue weighted by Gasteiger charge is -2.15. The number of carbonyl (C=O) groups excluding carboxylic acids is 2. The summed E-state index contributed by atoms with van der Waals surface area (Å²) in [5.41, 5.74) is 1.04. The topological polar surface area (TPSA) is 58.2 Å². The van der Waals surface area contributed by atoms with Gasteiger partial charge in [-0.1, -0.05) is 37.3 Å². The van der Waals surface area contributed by atoms with Crippen LogP contribution in [0.4, 0.5) is 0 Å². The van der Waals surface area contributed by atoms with E-state index >= 15 is 0 Å². The number of carbonyl (C=O) groups is 2. The Morgan fingerprint density at radius 1 is 1.15 bits per heavy atom. The van der Waals surface area contributed by atoms with E-state index in [1.807, 2.05) is 37.3 Å². The maximum Gasteiger partial charge on any atom is 0.227 e. The van der Waals surface area contributed by atoms with Crippen molar-refractivity contribution in [2.24, 2.45) is 5.92 Å². The third-order valence-electron chi connectivity index (χ3n) is 3.60. The van der Waals surface area contributed by atoms with Gasteiger partial charge >= 0.3 is 0 Å². The second-order valence-corrected chi connectivity index (χ2v) is 5.23. The van der Waals surface area contributed by atoms with E-state index < -0.39 is 0 Å². The van der Waals surface area contributed by atoms with Crippen LogP contribution in [0.2, 0.25) is 0 Å². The molecule has 1 unspecified atom stereocenters. The van der Waals surface area contributed by atoms with Crippen molar-refractivity contribution in [3.63, 3.8) is 0 Å². The average molecular weight is 274 g/mol. The minimum Gasteiger partial charge on any atom is -0.354 e. The highest BCUT2D eigenvalue weighted by molar-refractivity contribution is 5.83. The van der Waals surface area contributed by atoms with Crippen LogP contribution >= 0.6 is 0 Å². The van der Waals surface area contributed by atoms with E-state index in [1.54, 1.807) is 0 Å². The average Bonchev–Trinajstić information content (AvgIpc) is 3.30. The smallest absolute Gasteiger partial charge is 0.227 e. The quantitative estimate of drug-likeness (QED) is 0.745. The van der Waals surface area contributed by atoms with Gasteiger partial charge in [-0.25, -0.2) is 0 Å². The molecule has 1 aromatic rings. The van der Waals surface area contributed by atoms with Crippen LogP contribution in [0.15, 0.2) is 30.3 Å². The normalized spacial score (nSPS) is 15.4. The lowest BCUT2D eigenvalue weighted by atomic mass is 9.96. The molecule has 2 rings (SSSR count). The molecule has 0 saturated heterocycles. The molecule has 0 bridgehead atoms. The highest BCUT2D eigenvalue weighted by Gasteiger charge is 2.29. The van der Waals surface area contributed by atoms with Gasteiger partial charge in [0, 0.05) is 19.0 Å². The summed E-state index contributed by atoms with van der Waals surface area (Å²) in [5, 5.41) is 5.74. The first-order valence-corrected chi connectivity index (χ1v) is 7.32. The number of hydrogen-bond donors (Lipinski definition) is 2. The van der Waals surface area contributed by atoms with Crippen LogP contribution in [-0.4, -0.2) is 24.9 Å². The fraction of sp³-hybridized carbons (Fsp3) is 0.500. The minimum absolute atomic E-state index is 0.0272. The van der Waals surface area contributed by atoms with Gasteiger partial charge in [0.2, 0.25) is 11.8 Å². The first kappa shape index (κ1) is 14.6. The van der Waals surface area contributed by atoms with Gasteiger partial charge in [0.25, 0.3) is 0 Å². The molecule has 2 amide bonds. The monoisotopic (exact) mass is 274 g/mol. The Morgan fingerprint density at radius 3 is 2.40 bits per heavy atom. The molecule has 108 valence electrons. The van der Waals surface area contributed by atoms with E-state index in [1.165, 1.54) is 0 Å². The van der Waals surface area contributed by atoms with Crippen molar-refractivity contribution in [2.75, 3.05) is 13.1 Å². The predicted octanol–water partition coefficient (Wildman–Crippen LogP) is 1.82. The standard InChI is InChI=1S/C16H22N2O2/c1-2-14(12-6-4-3-5-7-12)16(20)18-11-10-17-15(19)13-8-9-13/h3-7,13-14H,2,8-11H2,1H3,(H,17,19)(H,18,20). The third-order valence-corrected chi connectivity index (χ3v) is 3.60. The lowest BCUT2D eigenvalue weighted by Crippen LogP contribution is -2.37. The molecule has 2 N–H and O–H groups in total. The Balaban J connectivity index is 1.73. The molecule has 0 aliphatic heterocycles. The van der Waals surface area contributed by atoms with Crippen LogP contribution in [0.25, 0.3) is 0 Å². The maximum absolute atomic E-state index is 12.1. The highest BCUT2D eigenvalue weighted by atomic mass is 16.2. The molecule has 1 saturated carbocycles. The van der Waals surface area contributed by atoms with Gasteiger partial charge in [0.05, 0.1) is 5.92 Å². The first-order valence-electron chi connectivity index (χ1n) is 7.32. The van der Waals surface area contributed by atoms with E-state index in [0.29, 0.717) is 13.1 Å². The van der Waals surface area contributed by atoms with Crippen molar-refractivity contribution in [1.29, 1.82) is 0 Å². The van der Waals surface area contributed by atoms with Crippen molar-refractivity contribution >= 4 is 11.8 Å². The van der Waals surface area contributed by atoms with Crippen LogP contribution in [-0.2, 0) is 9.59 Å². The molecule has 0 spiro atoms. The number of nitrogens with one attached hydrogen (secondary N) is 2.